The fourth-order valence-electron chi connectivity index (χ4n) is 5.92. The van der Waals surface area contributed by atoms with E-state index in [9.17, 15) is 9.59 Å². The van der Waals surface area contributed by atoms with Gasteiger partial charge in [-0.2, -0.15) is 0 Å². The molecule has 2 heterocycles. The third kappa shape index (κ3) is 5.06. The van der Waals surface area contributed by atoms with E-state index in [1.54, 1.807) is 11.8 Å². The number of thioether (sulfide) groups is 1. The first-order chi connectivity index (χ1) is 17.3. The first-order valence-electron chi connectivity index (χ1n) is 13.1. The van der Waals surface area contributed by atoms with Gasteiger partial charge in [0.2, 0.25) is 5.91 Å². The molecule has 0 aromatic heterocycles. The van der Waals surface area contributed by atoms with E-state index in [1.165, 1.54) is 22.4 Å². The van der Waals surface area contributed by atoms with Gasteiger partial charge in [0.15, 0.2) is 0 Å². The van der Waals surface area contributed by atoms with Gasteiger partial charge in [-0.1, -0.05) is 42.0 Å². The lowest BCUT2D eigenvalue weighted by Crippen LogP contribution is -2.55. The zero-order valence-electron chi connectivity index (χ0n) is 21.9. The van der Waals surface area contributed by atoms with Crippen molar-refractivity contribution in [1.29, 1.82) is 0 Å². The Morgan fingerprint density at radius 2 is 1.72 bits per heavy atom. The number of likely N-dealkylation sites (N-methyl/N-ethyl adjacent to an activating group) is 1. The van der Waals surface area contributed by atoms with Gasteiger partial charge in [-0.25, -0.2) is 0 Å². The van der Waals surface area contributed by atoms with Crippen molar-refractivity contribution in [2.45, 2.75) is 51.3 Å². The number of piperazine rings is 1. The summed E-state index contributed by atoms with van der Waals surface area (Å²) in [5, 5.41) is 0.356. The number of carbonyl (C=O) groups excluding carboxylic acids is 2. The quantitative estimate of drug-likeness (QED) is 0.550. The molecule has 5 rings (SSSR count). The normalized spacial score (nSPS) is 25.8. The first-order valence-corrected chi connectivity index (χ1v) is 14.0. The summed E-state index contributed by atoms with van der Waals surface area (Å²) in [6.45, 7) is 9.64. The molecule has 3 unspecified atom stereocenters. The van der Waals surface area contributed by atoms with Gasteiger partial charge < -0.3 is 14.7 Å². The number of anilines is 1. The van der Waals surface area contributed by atoms with Gasteiger partial charge >= 0.3 is 0 Å². The summed E-state index contributed by atoms with van der Waals surface area (Å²) in [6.07, 6.45) is 4.67. The highest BCUT2D eigenvalue weighted by molar-refractivity contribution is 8.04. The molecule has 2 amide bonds. The van der Waals surface area contributed by atoms with Gasteiger partial charge in [0.1, 0.15) is 0 Å². The molecule has 2 aromatic rings. The standard InChI is InChI=1S/C30H37N3O2S/c1-20-6-5-7-23(16-20)18-28-30(35)31(4)26-19-24(10-11-27(26)36-28)29(34)33-14-12-32(13-15-33)25-17-21(2)8-9-22(25)3/h5-9,16-18,24,26-27H,10-15,19H2,1-4H3/b28-18-. The number of carbonyl (C=O) groups is 2. The lowest BCUT2D eigenvalue weighted by molar-refractivity contribution is -0.139. The number of nitrogens with zero attached hydrogens (tertiary/aromatic N) is 3. The minimum atomic E-state index is 0.0108. The number of hydrogen-bond donors (Lipinski definition) is 0. The lowest BCUT2D eigenvalue weighted by Gasteiger charge is -2.45. The van der Waals surface area contributed by atoms with Crippen molar-refractivity contribution in [1.82, 2.24) is 9.80 Å². The molecule has 2 aromatic carbocycles. The van der Waals surface area contributed by atoms with Crippen LogP contribution in [0.3, 0.4) is 0 Å². The molecule has 6 heteroatoms. The van der Waals surface area contributed by atoms with Crippen LogP contribution in [0, 0.1) is 26.7 Å². The topological polar surface area (TPSA) is 43.9 Å². The summed E-state index contributed by atoms with van der Waals surface area (Å²) in [5.74, 6) is 0.371. The third-order valence-corrected chi connectivity index (χ3v) is 9.45. The van der Waals surface area contributed by atoms with Crippen LogP contribution >= 0.6 is 11.8 Å². The highest BCUT2D eigenvalue weighted by Gasteiger charge is 2.43. The van der Waals surface area contributed by atoms with E-state index in [2.05, 4.69) is 67.0 Å². The molecule has 1 aliphatic carbocycles. The highest BCUT2D eigenvalue weighted by Crippen LogP contribution is 2.43. The van der Waals surface area contributed by atoms with Crippen molar-refractivity contribution in [3.05, 3.63) is 69.6 Å². The Kier molecular flexibility index (Phi) is 7.16. The molecule has 1 saturated carbocycles. The predicted molar refractivity (Wildman–Crippen MR) is 149 cm³/mol. The summed E-state index contributed by atoms with van der Waals surface area (Å²) in [6, 6.07) is 15.0. The Morgan fingerprint density at radius 3 is 2.47 bits per heavy atom. The van der Waals surface area contributed by atoms with E-state index in [4.69, 9.17) is 0 Å². The predicted octanol–water partition coefficient (Wildman–Crippen LogP) is 5.04. The molecule has 36 heavy (non-hydrogen) atoms. The van der Waals surface area contributed by atoms with Crippen LogP contribution < -0.4 is 4.90 Å². The Labute approximate surface area is 219 Å². The maximum atomic E-state index is 13.5. The molecule has 190 valence electrons. The zero-order valence-corrected chi connectivity index (χ0v) is 22.7. The van der Waals surface area contributed by atoms with Crippen molar-refractivity contribution in [3.63, 3.8) is 0 Å². The third-order valence-electron chi connectivity index (χ3n) is 8.05. The number of amides is 2. The minimum absolute atomic E-state index is 0.0108. The Balaban J connectivity index is 1.21. The smallest absolute Gasteiger partial charge is 0.260 e. The van der Waals surface area contributed by atoms with Gasteiger partial charge in [0, 0.05) is 56.1 Å². The summed E-state index contributed by atoms with van der Waals surface area (Å²) in [7, 11) is 1.92. The van der Waals surface area contributed by atoms with E-state index in [1.807, 2.05) is 24.1 Å². The second kappa shape index (κ2) is 10.3. The summed E-state index contributed by atoms with van der Waals surface area (Å²) in [5.41, 5.74) is 6.11. The highest BCUT2D eigenvalue weighted by atomic mass is 32.2. The van der Waals surface area contributed by atoms with Crippen molar-refractivity contribution in [3.8, 4) is 0 Å². The van der Waals surface area contributed by atoms with Crippen LogP contribution in [0.5, 0.6) is 0 Å². The second-order valence-electron chi connectivity index (χ2n) is 10.7. The van der Waals surface area contributed by atoms with Crippen LogP contribution in [0.15, 0.2) is 47.4 Å². The van der Waals surface area contributed by atoms with Crippen LogP contribution in [-0.2, 0) is 9.59 Å². The molecule has 3 fully saturated rings. The van der Waals surface area contributed by atoms with Crippen molar-refractivity contribution in [2.24, 2.45) is 5.92 Å². The van der Waals surface area contributed by atoms with E-state index >= 15 is 0 Å². The van der Waals surface area contributed by atoms with Gasteiger partial charge in [-0.3, -0.25) is 9.59 Å². The Morgan fingerprint density at radius 1 is 0.972 bits per heavy atom. The SMILES string of the molecule is Cc1cccc(/C=C2\SC3CCC(C(=O)N4CCN(c5cc(C)ccc5C)CC4)CC3N(C)C2=O)c1. The van der Waals surface area contributed by atoms with E-state index < -0.39 is 0 Å². The van der Waals surface area contributed by atoms with Crippen molar-refractivity contribution in [2.75, 3.05) is 38.1 Å². The van der Waals surface area contributed by atoms with Crippen molar-refractivity contribution >= 4 is 35.3 Å². The number of fused-ring (bicyclic) bond motifs is 1. The molecule has 5 nitrogen and oxygen atoms in total. The van der Waals surface area contributed by atoms with Crippen LogP contribution in [0.1, 0.15) is 41.5 Å². The first kappa shape index (κ1) is 24.9. The number of hydrogen-bond acceptors (Lipinski definition) is 4. The summed E-state index contributed by atoms with van der Waals surface area (Å²) in [4.78, 5) is 33.9. The van der Waals surface area contributed by atoms with Gasteiger partial charge in [-0.05, 0) is 68.9 Å². The fraction of sp³-hybridized carbons (Fsp3) is 0.467. The molecule has 0 spiro atoms. The van der Waals surface area contributed by atoms with Crippen LogP contribution in [0.25, 0.3) is 6.08 Å². The zero-order chi connectivity index (χ0) is 25.4. The number of aryl methyl sites for hydroxylation is 3. The van der Waals surface area contributed by atoms with Crippen molar-refractivity contribution < 1.29 is 9.59 Å². The van der Waals surface area contributed by atoms with E-state index in [-0.39, 0.29) is 23.8 Å². The molecule has 3 atom stereocenters. The van der Waals surface area contributed by atoms with Gasteiger partial charge in [0.25, 0.3) is 5.91 Å². The van der Waals surface area contributed by atoms with E-state index in [0.29, 0.717) is 5.25 Å². The fourth-order valence-corrected chi connectivity index (χ4v) is 7.40. The summed E-state index contributed by atoms with van der Waals surface area (Å²) < 4.78 is 0. The molecular formula is C30H37N3O2S. The van der Waals surface area contributed by atoms with Crippen LogP contribution in [0.4, 0.5) is 5.69 Å². The Hall–Kier alpha value is -2.73. The monoisotopic (exact) mass is 503 g/mol. The average molecular weight is 504 g/mol. The van der Waals surface area contributed by atoms with Gasteiger partial charge in [-0.15, -0.1) is 11.8 Å². The minimum Gasteiger partial charge on any atom is -0.368 e. The van der Waals surface area contributed by atoms with Crippen LogP contribution in [0.2, 0.25) is 0 Å². The van der Waals surface area contributed by atoms with Gasteiger partial charge in [0.05, 0.1) is 4.91 Å². The largest absolute Gasteiger partial charge is 0.368 e. The molecule has 2 saturated heterocycles. The molecule has 0 radical (unpaired) electrons. The molecular weight excluding hydrogens is 466 g/mol. The molecule has 2 aliphatic heterocycles. The van der Waals surface area contributed by atoms with E-state index in [0.717, 1.165) is 55.9 Å². The maximum Gasteiger partial charge on any atom is 0.260 e. The molecule has 0 bridgehead atoms. The van der Waals surface area contributed by atoms with Crippen LogP contribution in [-0.4, -0.2) is 66.1 Å². The Bertz CT molecular complexity index is 1180. The lowest BCUT2D eigenvalue weighted by atomic mass is 9.83. The molecule has 0 N–H and O–H groups in total. The number of rotatable bonds is 3. The average Bonchev–Trinajstić information content (AvgIpc) is 2.88. The number of benzene rings is 2. The molecule has 3 aliphatic rings. The summed E-state index contributed by atoms with van der Waals surface area (Å²) >= 11 is 1.72. The maximum absolute atomic E-state index is 13.5. The second-order valence-corrected chi connectivity index (χ2v) is 12.0.